The summed E-state index contributed by atoms with van der Waals surface area (Å²) in [4.78, 5) is 29.7. The Hall–Kier alpha value is -2.87. The fourth-order valence-corrected chi connectivity index (χ4v) is 3.41. The molecule has 3 rings (SSSR count). The summed E-state index contributed by atoms with van der Waals surface area (Å²) in [5.74, 6) is -0.0587. The van der Waals surface area contributed by atoms with Gasteiger partial charge in [0.2, 0.25) is 0 Å². The van der Waals surface area contributed by atoms with Gasteiger partial charge in [-0.15, -0.1) is 11.3 Å². The Labute approximate surface area is 173 Å². The molecular formula is C21H24N2O5S. The third-order valence-electron chi connectivity index (χ3n) is 3.91. The molecule has 0 unspecified atom stereocenters. The molecule has 8 heteroatoms. The highest BCUT2D eigenvalue weighted by molar-refractivity contribution is 7.09. The van der Waals surface area contributed by atoms with E-state index in [1.807, 2.05) is 12.3 Å². The van der Waals surface area contributed by atoms with Crippen molar-refractivity contribution in [2.45, 2.75) is 46.8 Å². The zero-order valence-corrected chi connectivity index (χ0v) is 18.0. The minimum absolute atomic E-state index is 0.0941. The Balaban J connectivity index is 2.03. The van der Waals surface area contributed by atoms with E-state index in [9.17, 15) is 9.59 Å². The molecule has 154 valence electrons. The van der Waals surface area contributed by atoms with E-state index in [1.54, 1.807) is 63.3 Å². The van der Waals surface area contributed by atoms with Gasteiger partial charge in [0.05, 0.1) is 22.8 Å². The van der Waals surface area contributed by atoms with Crippen LogP contribution in [0.15, 0.2) is 29.6 Å². The van der Waals surface area contributed by atoms with E-state index >= 15 is 0 Å². The molecule has 3 aromatic rings. The van der Waals surface area contributed by atoms with Gasteiger partial charge in [0.15, 0.2) is 0 Å². The Bertz CT molecular complexity index is 1050. The third-order valence-corrected chi connectivity index (χ3v) is 4.73. The van der Waals surface area contributed by atoms with Gasteiger partial charge in [0.1, 0.15) is 23.7 Å². The molecule has 0 saturated heterocycles. The van der Waals surface area contributed by atoms with E-state index in [4.69, 9.17) is 14.2 Å². The number of aryl methyl sites for hydroxylation is 1. The number of carbonyl (C=O) groups excluding carboxylic acids is 2. The summed E-state index contributed by atoms with van der Waals surface area (Å²) >= 11 is 1.55. The summed E-state index contributed by atoms with van der Waals surface area (Å²) in [7, 11) is 0. The minimum atomic E-state index is -0.712. The standard InChI is InChI=1S/C21H24N2O5S/c1-6-26-19(24)17-10-15-16(23(17)20(25)28-21(3,4)5)8-7-9-18(15)27-11-14-12-29-13(2)22-14/h7-10,12H,6,11H2,1-5H3. The van der Waals surface area contributed by atoms with Crippen LogP contribution in [-0.4, -0.2) is 33.8 Å². The van der Waals surface area contributed by atoms with Crippen molar-refractivity contribution in [1.82, 2.24) is 9.55 Å². The van der Waals surface area contributed by atoms with Crippen molar-refractivity contribution >= 4 is 34.3 Å². The first kappa shape index (κ1) is 20.9. The Kier molecular flexibility index (Phi) is 5.93. The number of fused-ring (bicyclic) bond motifs is 1. The molecule has 0 amide bonds. The van der Waals surface area contributed by atoms with Gasteiger partial charge < -0.3 is 14.2 Å². The highest BCUT2D eigenvalue weighted by atomic mass is 32.1. The van der Waals surface area contributed by atoms with Gasteiger partial charge in [-0.25, -0.2) is 19.1 Å². The number of esters is 1. The van der Waals surface area contributed by atoms with Crippen LogP contribution in [0.3, 0.4) is 0 Å². The molecule has 0 aliphatic rings. The van der Waals surface area contributed by atoms with Crippen molar-refractivity contribution in [1.29, 1.82) is 0 Å². The van der Waals surface area contributed by atoms with Gasteiger partial charge in [-0.1, -0.05) is 6.07 Å². The van der Waals surface area contributed by atoms with E-state index in [0.29, 0.717) is 16.7 Å². The molecule has 1 aromatic carbocycles. The first-order valence-corrected chi connectivity index (χ1v) is 10.2. The van der Waals surface area contributed by atoms with E-state index in [1.165, 1.54) is 4.57 Å². The first-order chi connectivity index (χ1) is 13.7. The van der Waals surface area contributed by atoms with E-state index < -0.39 is 17.7 Å². The van der Waals surface area contributed by atoms with E-state index in [0.717, 1.165) is 10.7 Å². The van der Waals surface area contributed by atoms with Gasteiger partial charge in [0, 0.05) is 10.8 Å². The van der Waals surface area contributed by atoms with Crippen LogP contribution in [0.25, 0.3) is 10.9 Å². The molecule has 0 radical (unpaired) electrons. The quantitative estimate of drug-likeness (QED) is 0.548. The maximum Gasteiger partial charge on any atom is 0.419 e. The maximum absolute atomic E-state index is 12.8. The average molecular weight is 416 g/mol. The predicted molar refractivity (Wildman–Crippen MR) is 111 cm³/mol. The predicted octanol–water partition coefficient (Wildman–Crippen LogP) is 4.95. The lowest BCUT2D eigenvalue weighted by atomic mass is 10.2. The molecule has 0 aliphatic carbocycles. The third kappa shape index (κ3) is 4.76. The second-order valence-electron chi connectivity index (χ2n) is 7.40. The summed E-state index contributed by atoms with van der Waals surface area (Å²) in [5.41, 5.74) is 0.712. The highest BCUT2D eigenvalue weighted by Crippen LogP contribution is 2.31. The number of hydrogen-bond acceptors (Lipinski definition) is 7. The van der Waals surface area contributed by atoms with Crippen molar-refractivity contribution in [3.63, 3.8) is 0 Å². The van der Waals surface area contributed by atoms with Crippen LogP contribution >= 0.6 is 11.3 Å². The number of carbonyl (C=O) groups is 2. The van der Waals surface area contributed by atoms with Crippen LogP contribution < -0.4 is 4.74 Å². The van der Waals surface area contributed by atoms with Crippen molar-refractivity contribution in [3.05, 3.63) is 46.0 Å². The number of thiazole rings is 1. The lowest BCUT2D eigenvalue weighted by Gasteiger charge is -2.20. The van der Waals surface area contributed by atoms with Crippen molar-refractivity contribution in [2.75, 3.05) is 6.61 Å². The second kappa shape index (κ2) is 8.24. The van der Waals surface area contributed by atoms with Crippen LogP contribution in [0.5, 0.6) is 5.75 Å². The average Bonchev–Trinajstić information content (AvgIpc) is 3.22. The normalized spacial score (nSPS) is 11.5. The van der Waals surface area contributed by atoms with Crippen LogP contribution in [0.2, 0.25) is 0 Å². The van der Waals surface area contributed by atoms with Gasteiger partial charge in [-0.2, -0.15) is 0 Å². The molecule has 29 heavy (non-hydrogen) atoms. The monoisotopic (exact) mass is 416 g/mol. The van der Waals surface area contributed by atoms with Crippen molar-refractivity contribution in [3.8, 4) is 5.75 Å². The Morgan fingerprint density at radius 2 is 2.00 bits per heavy atom. The fraction of sp³-hybridized carbons (Fsp3) is 0.381. The molecule has 2 aromatic heterocycles. The second-order valence-corrected chi connectivity index (χ2v) is 8.46. The molecular weight excluding hydrogens is 392 g/mol. The Morgan fingerprint density at radius 1 is 1.24 bits per heavy atom. The number of ether oxygens (including phenoxy) is 3. The minimum Gasteiger partial charge on any atom is -0.487 e. The SMILES string of the molecule is CCOC(=O)c1cc2c(OCc3csc(C)n3)cccc2n1C(=O)OC(C)(C)C. The lowest BCUT2D eigenvalue weighted by Crippen LogP contribution is -2.29. The zero-order chi connectivity index (χ0) is 21.2. The summed E-state index contributed by atoms with van der Waals surface area (Å²) in [6, 6.07) is 6.89. The number of nitrogens with zero attached hydrogens (tertiary/aromatic N) is 2. The number of benzene rings is 1. The largest absolute Gasteiger partial charge is 0.487 e. The van der Waals surface area contributed by atoms with Crippen molar-refractivity contribution in [2.24, 2.45) is 0 Å². The van der Waals surface area contributed by atoms with Crippen LogP contribution in [0, 0.1) is 6.92 Å². The smallest absolute Gasteiger partial charge is 0.419 e. The summed E-state index contributed by atoms with van der Waals surface area (Å²) in [5, 5.41) is 3.52. The maximum atomic E-state index is 12.8. The Morgan fingerprint density at radius 3 is 2.62 bits per heavy atom. The molecule has 7 nitrogen and oxygen atoms in total. The zero-order valence-electron chi connectivity index (χ0n) is 17.1. The van der Waals surface area contributed by atoms with Crippen molar-refractivity contribution < 1.29 is 23.8 Å². The fourth-order valence-electron chi connectivity index (χ4n) is 2.82. The molecule has 0 N–H and O–H groups in total. The van der Waals surface area contributed by atoms with Gasteiger partial charge >= 0.3 is 12.1 Å². The first-order valence-electron chi connectivity index (χ1n) is 9.28. The van der Waals surface area contributed by atoms with Gasteiger partial charge in [-0.05, 0) is 52.8 Å². The molecule has 0 bridgehead atoms. The summed E-state index contributed by atoms with van der Waals surface area (Å²) < 4.78 is 17.8. The molecule has 0 atom stereocenters. The highest BCUT2D eigenvalue weighted by Gasteiger charge is 2.26. The van der Waals surface area contributed by atoms with Crippen LogP contribution in [0.1, 0.15) is 48.9 Å². The molecule has 0 spiro atoms. The lowest BCUT2D eigenvalue weighted by molar-refractivity contribution is 0.0454. The topological polar surface area (TPSA) is 79.7 Å². The van der Waals surface area contributed by atoms with E-state index in [2.05, 4.69) is 4.98 Å². The number of aromatic nitrogens is 2. The van der Waals surface area contributed by atoms with Gasteiger partial charge in [-0.3, -0.25) is 0 Å². The molecule has 0 aliphatic heterocycles. The number of rotatable bonds is 5. The van der Waals surface area contributed by atoms with Crippen LogP contribution in [0.4, 0.5) is 4.79 Å². The van der Waals surface area contributed by atoms with Gasteiger partial charge in [0.25, 0.3) is 0 Å². The van der Waals surface area contributed by atoms with Crippen LogP contribution in [-0.2, 0) is 16.1 Å². The van der Waals surface area contributed by atoms with E-state index in [-0.39, 0.29) is 18.9 Å². The molecule has 0 saturated carbocycles. The molecule has 0 fully saturated rings. The summed E-state index contributed by atoms with van der Waals surface area (Å²) in [6.45, 7) is 9.43. The summed E-state index contributed by atoms with van der Waals surface area (Å²) in [6.07, 6.45) is -0.650. The number of hydrogen-bond donors (Lipinski definition) is 0. The molecule has 2 heterocycles.